The fourth-order valence-corrected chi connectivity index (χ4v) is 5.25. The molecular formula is C24H30N8O3S. The quantitative estimate of drug-likeness (QED) is 0.359. The highest BCUT2D eigenvalue weighted by Gasteiger charge is 2.23. The lowest BCUT2D eigenvalue weighted by atomic mass is 10.0. The van der Waals surface area contributed by atoms with E-state index in [1.165, 1.54) is 0 Å². The molecular weight excluding hydrogens is 480 g/mol. The second kappa shape index (κ2) is 9.19. The molecule has 0 aliphatic carbocycles. The summed E-state index contributed by atoms with van der Waals surface area (Å²) < 4.78 is 29.2. The third-order valence-corrected chi connectivity index (χ3v) is 7.06. The van der Waals surface area contributed by atoms with Crippen LogP contribution in [0.3, 0.4) is 0 Å². The van der Waals surface area contributed by atoms with Gasteiger partial charge < -0.3 is 16.0 Å². The number of fused-ring (bicyclic) bond motifs is 2. The van der Waals surface area contributed by atoms with E-state index in [9.17, 15) is 13.2 Å². The number of rotatable bonds is 6. The topological polar surface area (TPSA) is 140 Å². The molecule has 4 N–H and O–H groups in total. The number of carbonyl (C=O) groups is 1. The second-order valence-electron chi connectivity index (χ2n) is 9.47. The van der Waals surface area contributed by atoms with Crippen molar-refractivity contribution in [1.82, 2.24) is 24.3 Å². The van der Waals surface area contributed by atoms with Gasteiger partial charge in [0.2, 0.25) is 10.0 Å². The van der Waals surface area contributed by atoms with Crippen LogP contribution in [0.15, 0.2) is 36.7 Å². The Hall–Kier alpha value is -3.48. The molecule has 0 saturated carbocycles. The van der Waals surface area contributed by atoms with Crippen LogP contribution >= 0.6 is 0 Å². The molecule has 1 aliphatic heterocycles. The van der Waals surface area contributed by atoms with Crippen molar-refractivity contribution in [3.05, 3.63) is 47.8 Å². The van der Waals surface area contributed by atoms with Gasteiger partial charge in [0.1, 0.15) is 5.52 Å². The Bertz CT molecular complexity index is 1570. The van der Waals surface area contributed by atoms with E-state index in [0.29, 0.717) is 27.8 Å². The first-order valence-corrected chi connectivity index (χ1v) is 13.7. The third kappa shape index (κ3) is 4.92. The van der Waals surface area contributed by atoms with E-state index in [0.717, 1.165) is 48.6 Å². The standard InChI is InChI=1S/C24H30N8O3S/c1-30-12-16-10-18(9-15(22(16)28-30)11-26-36(3,34)35)27-24(33)19-6-7-21(20-14-31(2)29-23(19)20)32-8-4-5-17(25)13-32/h6-7,9-10,12,14,17,26H,4-5,8,11,13,25H2,1-3H3,(H,27,33). The number of aryl methyl sites for hydroxylation is 2. The highest BCUT2D eigenvalue weighted by atomic mass is 32.2. The summed E-state index contributed by atoms with van der Waals surface area (Å²) in [5.41, 5.74) is 10.2. The molecule has 190 valence electrons. The van der Waals surface area contributed by atoms with Gasteiger partial charge in [0.15, 0.2) is 0 Å². The van der Waals surface area contributed by atoms with Crippen LogP contribution in [-0.2, 0) is 30.7 Å². The molecule has 2 aromatic carbocycles. The normalized spacial score (nSPS) is 16.7. The van der Waals surface area contributed by atoms with Gasteiger partial charge in [-0.25, -0.2) is 13.1 Å². The summed E-state index contributed by atoms with van der Waals surface area (Å²) in [6, 6.07) is 7.45. The SMILES string of the molecule is Cn1cc2cc(NC(=O)c3ccc(N4CCCC(N)C4)c4cn(C)nc34)cc(CNS(C)(=O)=O)c2n1. The van der Waals surface area contributed by atoms with Gasteiger partial charge in [0.05, 0.1) is 17.3 Å². The number of nitrogens with one attached hydrogen (secondary N) is 2. The average Bonchev–Trinajstić information content (AvgIpc) is 3.37. The number of piperidine rings is 1. The number of benzene rings is 2. The van der Waals surface area contributed by atoms with Gasteiger partial charge >= 0.3 is 0 Å². The van der Waals surface area contributed by atoms with Crippen LogP contribution in [0.5, 0.6) is 0 Å². The van der Waals surface area contributed by atoms with Crippen molar-refractivity contribution in [1.29, 1.82) is 0 Å². The lowest BCUT2D eigenvalue weighted by Crippen LogP contribution is -2.42. The molecule has 12 heteroatoms. The minimum Gasteiger partial charge on any atom is -0.369 e. The van der Waals surface area contributed by atoms with E-state index < -0.39 is 10.0 Å². The zero-order valence-corrected chi connectivity index (χ0v) is 21.3. The molecule has 5 rings (SSSR count). The maximum Gasteiger partial charge on any atom is 0.257 e. The van der Waals surface area contributed by atoms with E-state index in [1.54, 1.807) is 28.5 Å². The molecule has 1 unspecified atom stereocenters. The van der Waals surface area contributed by atoms with Crippen LogP contribution in [0.1, 0.15) is 28.8 Å². The van der Waals surface area contributed by atoms with Gasteiger partial charge in [-0.2, -0.15) is 10.2 Å². The Morgan fingerprint density at radius 1 is 1.14 bits per heavy atom. The van der Waals surface area contributed by atoms with Crippen LogP contribution in [-0.4, -0.2) is 59.3 Å². The van der Waals surface area contributed by atoms with Gasteiger partial charge in [-0.15, -0.1) is 0 Å². The Morgan fingerprint density at radius 2 is 1.89 bits per heavy atom. The Morgan fingerprint density at radius 3 is 2.64 bits per heavy atom. The summed E-state index contributed by atoms with van der Waals surface area (Å²) >= 11 is 0. The predicted molar refractivity (Wildman–Crippen MR) is 140 cm³/mol. The number of sulfonamides is 1. The highest BCUT2D eigenvalue weighted by molar-refractivity contribution is 7.88. The number of hydrogen-bond donors (Lipinski definition) is 3. The van der Waals surface area contributed by atoms with E-state index >= 15 is 0 Å². The van der Waals surface area contributed by atoms with Crippen LogP contribution in [0, 0.1) is 0 Å². The van der Waals surface area contributed by atoms with Crippen LogP contribution < -0.4 is 20.7 Å². The molecule has 0 bridgehead atoms. The number of nitrogens with zero attached hydrogens (tertiary/aromatic N) is 5. The van der Waals surface area contributed by atoms with E-state index in [1.807, 2.05) is 31.6 Å². The number of hydrogen-bond acceptors (Lipinski definition) is 7. The van der Waals surface area contributed by atoms with Gasteiger partial charge in [-0.05, 0) is 42.7 Å². The minimum absolute atomic E-state index is 0.0627. The van der Waals surface area contributed by atoms with Crippen molar-refractivity contribution < 1.29 is 13.2 Å². The summed E-state index contributed by atoms with van der Waals surface area (Å²) in [7, 11) is 0.234. The number of anilines is 2. The zero-order chi connectivity index (χ0) is 25.6. The fraction of sp³-hybridized carbons (Fsp3) is 0.375. The Labute approximate surface area is 209 Å². The first kappa shape index (κ1) is 24.2. The monoisotopic (exact) mass is 510 g/mol. The molecule has 1 atom stereocenters. The van der Waals surface area contributed by atoms with Gasteiger partial charge in [-0.3, -0.25) is 14.2 Å². The zero-order valence-electron chi connectivity index (χ0n) is 20.5. The first-order valence-electron chi connectivity index (χ1n) is 11.8. The molecule has 0 spiro atoms. The molecule has 1 saturated heterocycles. The van der Waals surface area contributed by atoms with Crippen molar-refractivity contribution in [2.45, 2.75) is 25.4 Å². The number of nitrogens with two attached hydrogens (primary N) is 1. The fourth-order valence-electron chi connectivity index (χ4n) is 4.84. The molecule has 1 aliphatic rings. The summed E-state index contributed by atoms with van der Waals surface area (Å²) in [5.74, 6) is -0.300. The average molecular weight is 511 g/mol. The second-order valence-corrected chi connectivity index (χ2v) is 11.3. The maximum absolute atomic E-state index is 13.4. The molecule has 11 nitrogen and oxygen atoms in total. The highest BCUT2D eigenvalue weighted by Crippen LogP contribution is 2.31. The molecule has 4 aromatic rings. The van der Waals surface area contributed by atoms with Crippen molar-refractivity contribution in [2.24, 2.45) is 19.8 Å². The van der Waals surface area contributed by atoms with Crippen LogP contribution in [0.25, 0.3) is 21.8 Å². The molecule has 36 heavy (non-hydrogen) atoms. The lowest BCUT2D eigenvalue weighted by molar-refractivity contribution is 0.102. The largest absolute Gasteiger partial charge is 0.369 e. The predicted octanol–water partition coefficient (Wildman–Crippen LogP) is 1.69. The maximum atomic E-state index is 13.4. The van der Waals surface area contributed by atoms with Crippen LogP contribution in [0.2, 0.25) is 0 Å². The summed E-state index contributed by atoms with van der Waals surface area (Å²) in [6.07, 6.45) is 6.89. The van der Waals surface area contributed by atoms with Crippen LogP contribution in [0.4, 0.5) is 11.4 Å². The molecule has 1 fully saturated rings. The summed E-state index contributed by atoms with van der Waals surface area (Å²) in [6.45, 7) is 1.75. The van der Waals surface area contributed by atoms with Crippen molar-refractivity contribution >= 4 is 49.1 Å². The lowest BCUT2D eigenvalue weighted by Gasteiger charge is -2.33. The smallest absolute Gasteiger partial charge is 0.257 e. The molecule has 2 aromatic heterocycles. The van der Waals surface area contributed by atoms with E-state index in [-0.39, 0.29) is 18.5 Å². The molecule has 0 radical (unpaired) electrons. The van der Waals surface area contributed by atoms with Crippen molar-refractivity contribution in [3.63, 3.8) is 0 Å². The summed E-state index contributed by atoms with van der Waals surface area (Å²) in [5, 5.41) is 13.7. The van der Waals surface area contributed by atoms with Crippen molar-refractivity contribution in [3.8, 4) is 0 Å². The van der Waals surface area contributed by atoms with Gasteiger partial charge in [0, 0.05) is 74.3 Å². The third-order valence-electron chi connectivity index (χ3n) is 6.40. The minimum atomic E-state index is -3.40. The van der Waals surface area contributed by atoms with E-state index in [4.69, 9.17) is 5.73 Å². The molecule has 1 amide bonds. The van der Waals surface area contributed by atoms with Gasteiger partial charge in [-0.1, -0.05) is 0 Å². The Kier molecular flexibility index (Phi) is 6.18. The van der Waals surface area contributed by atoms with E-state index in [2.05, 4.69) is 25.1 Å². The number of carbonyl (C=O) groups excluding carboxylic acids is 1. The Balaban J connectivity index is 1.48. The number of amides is 1. The number of aromatic nitrogens is 4. The first-order chi connectivity index (χ1) is 17.1. The molecule has 3 heterocycles. The van der Waals surface area contributed by atoms with Crippen molar-refractivity contribution in [2.75, 3.05) is 29.6 Å². The summed E-state index contributed by atoms with van der Waals surface area (Å²) in [4.78, 5) is 15.7. The van der Waals surface area contributed by atoms with Gasteiger partial charge in [0.25, 0.3) is 5.91 Å².